The highest BCUT2D eigenvalue weighted by atomic mass is 16.4. The van der Waals surface area contributed by atoms with Crippen LogP contribution in [0.1, 0.15) is 15.9 Å². The summed E-state index contributed by atoms with van der Waals surface area (Å²) in [7, 11) is 0. The molecule has 0 aliphatic heterocycles. The van der Waals surface area contributed by atoms with Crippen molar-refractivity contribution >= 4 is 16.7 Å². The van der Waals surface area contributed by atoms with Crippen molar-refractivity contribution in [2.45, 2.75) is 6.61 Å². The fraction of sp³-hybridized carbons (Fsp3) is 0.0833. The van der Waals surface area contributed by atoms with Gasteiger partial charge in [0.05, 0.1) is 12.2 Å². The van der Waals surface area contributed by atoms with Gasteiger partial charge < -0.3 is 10.2 Å². The van der Waals surface area contributed by atoms with Gasteiger partial charge in [0, 0.05) is 0 Å². The number of carbonyl (C=O) groups is 1. The molecule has 0 heterocycles. The molecule has 2 N–H and O–H groups in total. The van der Waals surface area contributed by atoms with Gasteiger partial charge in [0.15, 0.2) is 0 Å². The van der Waals surface area contributed by atoms with Crippen LogP contribution in [0, 0.1) is 0 Å². The molecule has 3 nitrogen and oxygen atoms in total. The van der Waals surface area contributed by atoms with E-state index in [4.69, 9.17) is 10.2 Å². The van der Waals surface area contributed by atoms with Crippen molar-refractivity contribution in [1.29, 1.82) is 0 Å². The molecule has 0 saturated carbocycles. The molecule has 0 aliphatic carbocycles. The molecule has 0 atom stereocenters. The van der Waals surface area contributed by atoms with Crippen molar-refractivity contribution < 1.29 is 15.0 Å². The summed E-state index contributed by atoms with van der Waals surface area (Å²) in [5.74, 6) is -0.939. The fourth-order valence-electron chi connectivity index (χ4n) is 1.62. The summed E-state index contributed by atoms with van der Waals surface area (Å²) in [4.78, 5) is 10.7. The Kier molecular flexibility index (Phi) is 2.39. The zero-order chi connectivity index (χ0) is 10.8. The molecule has 0 spiro atoms. The first kappa shape index (κ1) is 9.68. The zero-order valence-corrected chi connectivity index (χ0v) is 7.97. The van der Waals surface area contributed by atoms with E-state index in [1.165, 1.54) is 0 Å². The third-order valence-corrected chi connectivity index (χ3v) is 2.39. The van der Waals surface area contributed by atoms with Crippen molar-refractivity contribution in [2.75, 3.05) is 0 Å². The van der Waals surface area contributed by atoms with Gasteiger partial charge in [-0.15, -0.1) is 0 Å². The van der Waals surface area contributed by atoms with Crippen LogP contribution >= 0.6 is 0 Å². The van der Waals surface area contributed by atoms with Crippen LogP contribution in [0.4, 0.5) is 0 Å². The van der Waals surface area contributed by atoms with Gasteiger partial charge in [0.2, 0.25) is 0 Å². The van der Waals surface area contributed by atoms with E-state index >= 15 is 0 Å². The third kappa shape index (κ3) is 1.69. The Hall–Kier alpha value is -1.87. The molecule has 0 unspecified atom stereocenters. The number of aliphatic hydroxyl groups excluding tert-OH is 1. The molecular formula is C12H10O3. The number of fused-ring (bicyclic) bond motifs is 1. The topological polar surface area (TPSA) is 57.5 Å². The lowest BCUT2D eigenvalue weighted by atomic mass is 10.0. The number of aromatic carboxylic acids is 1. The van der Waals surface area contributed by atoms with Crippen LogP contribution in [-0.4, -0.2) is 16.2 Å². The van der Waals surface area contributed by atoms with E-state index in [9.17, 15) is 4.79 Å². The number of hydrogen-bond donors (Lipinski definition) is 2. The summed E-state index contributed by atoms with van der Waals surface area (Å²) >= 11 is 0. The number of carboxylic acid groups (broad SMARTS) is 1. The standard InChI is InChI=1S/C12H10O3/c13-7-10-3-1-2-8-6-9(12(14)15)4-5-11(8)10/h1-6,13H,7H2,(H,14,15). The van der Waals surface area contributed by atoms with Crippen molar-refractivity contribution in [3.05, 3.63) is 47.5 Å². The molecular weight excluding hydrogens is 192 g/mol. The van der Waals surface area contributed by atoms with Gasteiger partial charge in [0.1, 0.15) is 0 Å². The summed E-state index contributed by atoms with van der Waals surface area (Å²) in [6.45, 7) is -0.0379. The maximum atomic E-state index is 10.7. The number of hydrogen-bond acceptors (Lipinski definition) is 2. The highest BCUT2D eigenvalue weighted by Crippen LogP contribution is 2.20. The lowest BCUT2D eigenvalue weighted by Crippen LogP contribution is -1.96. The lowest BCUT2D eigenvalue weighted by Gasteiger charge is -2.04. The predicted molar refractivity (Wildman–Crippen MR) is 56.8 cm³/mol. The van der Waals surface area contributed by atoms with E-state index in [0.29, 0.717) is 0 Å². The van der Waals surface area contributed by atoms with Crippen LogP contribution in [0.3, 0.4) is 0 Å². The van der Waals surface area contributed by atoms with Crippen LogP contribution in [0.25, 0.3) is 10.8 Å². The molecule has 2 aromatic carbocycles. The minimum absolute atomic E-state index is 0.0379. The first-order chi connectivity index (χ1) is 7.22. The van der Waals surface area contributed by atoms with Gasteiger partial charge in [-0.1, -0.05) is 24.3 Å². The summed E-state index contributed by atoms with van der Waals surface area (Å²) in [5, 5.41) is 19.6. The number of aliphatic hydroxyl groups is 1. The lowest BCUT2D eigenvalue weighted by molar-refractivity contribution is 0.0697. The van der Waals surface area contributed by atoms with Crippen LogP contribution in [0.15, 0.2) is 36.4 Å². The largest absolute Gasteiger partial charge is 0.478 e. The van der Waals surface area contributed by atoms with Crippen molar-refractivity contribution in [3.8, 4) is 0 Å². The van der Waals surface area contributed by atoms with Crippen molar-refractivity contribution in [3.63, 3.8) is 0 Å². The first-order valence-electron chi connectivity index (χ1n) is 4.58. The molecule has 76 valence electrons. The Balaban J connectivity index is 2.69. The van der Waals surface area contributed by atoms with Crippen LogP contribution in [-0.2, 0) is 6.61 Å². The molecule has 3 heteroatoms. The molecule has 2 aromatic rings. The second-order valence-corrected chi connectivity index (χ2v) is 3.32. The minimum Gasteiger partial charge on any atom is -0.478 e. The smallest absolute Gasteiger partial charge is 0.335 e. The molecule has 0 radical (unpaired) electrons. The molecule has 2 rings (SSSR count). The summed E-state index contributed by atoms with van der Waals surface area (Å²) < 4.78 is 0. The molecule has 15 heavy (non-hydrogen) atoms. The van der Waals surface area contributed by atoms with E-state index in [1.807, 2.05) is 12.1 Å². The Morgan fingerprint density at radius 3 is 2.67 bits per heavy atom. The highest BCUT2D eigenvalue weighted by molar-refractivity contribution is 5.95. The second kappa shape index (κ2) is 3.71. The van der Waals surface area contributed by atoms with Gasteiger partial charge in [-0.05, 0) is 28.5 Å². The maximum absolute atomic E-state index is 10.7. The third-order valence-electron chi connectivity index (χ3n) is 2.39. The maximum Gasteiger partial charge on any atom is 0.335 e. The van der Waals surface area contributed by atoms with E-state index in [-0.39, 0.29) is 12.2 Å². The number of rotatable bonds is 2. The molecule has 0 bridgehead atoms. The second-order valence-electron chi connectivity index (χ2n) is 3.32. The SMILES string of the molecule is O=C(O)c1ccc2c(CO)cccc2c1. The Morgan fingerprint density at radius 1 is 1.20 bits per heavy atom. The minimum atomic E-state index is -0.939. The van der Waals surface area contributed by atoms with Gasteiger partial charge in [-0.2, -0.15) is 0 Å². The van der Waals surface area contributed by atoms with Gasteiger partial charge in [0.25, 0.3) is 0 Å². The molecule has 0 saturated heterocycles. The van der Waals surface area contributed by atoms with Crippen LogP contribution in [0.5, 0.6) is 0 Å². The normalized spacial score (nSPS) is 10.5. The van der Waals surface area contributed by atoms with E-state index in [1.54, 1.807) is 24.3 Å². The summed E-state index contributed by atoms with van der Waals surface area (Å²) in [6.07, 6.45) is 0. The van der Waals surface area contributed by atoms with E-state index < -0.39 is 5.97 Å². The molecule has 0 amide bonds. The molecule has 0 aliphatic rings. The van der Waals surface area contributed by atoms with Gasteiger partial charge in [-0.3, -0.25) is 0 Å². The predicted octanol–water partition coefficient (Wildman–Crippen LogP) is 2.03. The number of carboxylic acids is 1. The molecule has 0 fully saturated rings. The van der Waals surface area contributed by atoms with Gasteiger partial charge >= 0.3 is 5.97 Å². The highest BCUT2D eigenvalue weighted by Gasteiger charge is 2.05. The zero-order valence-electron chi connectivity index (χ0n) is 7.97. The Morgan fingerprint density at radius 2 is 2.00 bits per heavy atom. The average Bonchev–Trinajstić information content (AvgIpc) is 2.27. The average molecular weight is 202 g/mol. The summed E-state index contributed by atoms with van der Waals surface area (Å²) in [5.41, 5.74) is 1.07. The summed E-state index contributed by atoms with van der Waals surface area (Å²) in [6, 6.07) is 10.3. The monoisotopic (exact) mass is 202 g/mol. The van der Waals surface area contributed by atoms with Crippen LogP contribution < -0.4 is 0 Å². The van der Waals surface area contributed by atoms with Crippen molar-refractivity contribution in [2.24, 2.45) is 0 Å². The fourth-order valence-corrected chi connectivity index (χ4v) is 1.62. The van der Waals surface area contributed by atoms with Gasteiger partial charge in [-0.25, -0.2) is 4.79 Å². The molecule has 0 aromatic heterocycles. The van der Waals surface area contributed by atoms with Crippen molar-refractivity contribution in [1.82, 2.24) is 0 Å². The Labute approximate surface area is 86.6 Å². The van der Waals surface area contributed by atoms with Crippen LogP contribution in [0.2, 0.25) is 0 Å². The van der Waals surface area contributed by atoms with E-state index in [2.05, 4.69) is 0 Å². The quantitative estimate of drug-likeness (QED) is 0.783. The van der Waals surface area contributed by atoms with E-state index in [0.717, 1.165) is 16.3 Å². The first-order valence-corrected chi connectivity index (χ1v) is 4.58. The Bertz CT molecular complexity index is 517. The number of benzene rings is 2.